The summed E-state index contributed by atoms with van der Waals surface area (Å²) in [6.45, 7) is 9.49. The van der Waals surface area contributed by atoms with Gasteiger partial charge in [0, 0.05) is 29.6 Å². The van der Waals surface area contributed by atoms with Crippen LogP contribution in [-0.2, 0) is 18.5 Å². The van der Waals surface area contributed by atoms with E-state index in [-0.39, 0.29) is 11.5 Å². The minimum absolute atomic E-state index is 0.0889. The molecule has 0 aliphatic carbocycles. The van der Waals surface area contributed by atoms with E-state index in [4.69, 9.17) is 10.1 Å². The van der Waals surface area contributed by atoms with Crippen molar-refractivity contribution in [2.75, 3.05) is 0 Å². The highest BCUT2D eigenvalue weighted by Gasteiger charge is 2.24. The van der Waals surface area contributed by atoms with Crippen LogP contribution in [-0.4, -0.2) is 24.5 Å². The zero-order valence-corrected chi connectivity index (χ0v) is 14.9. The summed E-state index contributed by atoms with van der Waals surface area (Å²) in [5.41, 5.74) is -0.0889. The third-order valence-electron chi connectivity index (χ3n) is 3.68. The number of rotatable bonds is 5. The van der Waals surface area contributed by atoms with Gasteiger partial charge in [-0.3, -0.25) is 4.68 Å². The summed E-state index contributed by atoms with van der Waals surface area (Å²) in [6, 6.07) is 6.15. The van der Waals surface area contributed by atoms with Crippen LogP contribution in [0.4, 0.5) is 0 Å². The van der Waals surface area contributed by atoms with Gasteiger partial charge in [-0.15, -0.1) is 11.3 Å². The SMILES string of the molecule is CC(Cn1cccn1)c1nc(Cc2cccs2)nn1C(C)(C)C. The molecule has 6 heteroatoms. The molecule has 1 atom stereocenters. The Bertz CT molecular complexity index is 735. The van der Waals surface area contributed by atoms with E-state index >= 15 is 0 Å². The van der Waals surface area contributed by atoms with Gasteiger partial charge in [-0.25, -0.2) is 9.67 Å². The van der Waals surface area contributed by atoms with E-state index in [0.29, 0.717) is 0 Å². The Morgan fingerprint density at radius 1 is 1.26 bits per heavy atom. The van der Waals surface area contributed by atoms with Gasteiger partial charge >= 0.3 is 0 Å². The van der Waals surface area contributed by atoms with Crippen LogP contribution < -0.4 is 0 Å². The van der Waals surface area contributed by atoms with Gasteiger partial charge in [0.25, 0.3) is 0 Å². The van der Waals surface area contributed by atoms with Crippen LogP contribution in [0, 0.1) is 0 Å². The molecule has 0 bridgehead atoms. The third kappa shape index (κ3) is 3.69. The fourth-order valence-corrected chi connectivity index (χ4v) is 3.30. The first-order valence-corrected chi connectivity index (χ1v) is 8.77. The van der Waals surface area contributed by atoms with Crippen LogP contribution in [0.2, 0.25) is 0 Å². The molecule has 0 aliphatic rings. The highest BCUT2D eigenvalue weighted by molar-refractivity contribution is 7.09. The van der Waals surface area contributed by atoms with Crippen LogP contribution in [0.25, 0.3) is 0 Å². The molecule has 122 valence electrons. The van der Waals surface area contributed by atoms with Gasteiger partial charge in [-0.2, -0.15) is 10.2 Å². The van der Waals surface area contributed by atoms with Gasteiger partial charge in [-0.05, 0) is 38.3 Å². The zero-order chi connectivity index (χ0) is 16.4. The normalized spacial score (nSPS) is 13.4. The maximum absolute atomic E-state index is 4.85. The lowest BCUT2D eigenvalue weighted by Gasteiger charge is -2.23. The standard InChI is InChI=1S/C17H23N5S/c1-13(12-21-9-6-8-18-21)16-19-15(11-14-7-5-10-23-14)20-22(16)17(2,3)4/h5-10,13H,11-12H2,1-4H3. The average molecular weight is 329 g/mol. The van der Waals surface area contributed by atoms with Crippen LogP contribution in [0.3, 0.4) is 0 Å². The second-order valence-corrected chi connectivity index (χ2v) is 7.89. The van der Waals surface area contributed by atoms with Crippen molar-refractivity contribution in [3.63, 3.8) is 0 Å². The summed E-state index contributed by atoms with van der Waals surface area (Å²) in [5.74, 6) is 2.17. The Balaban J connectivity index is 1.88. The van der Waals surface area contributed by atoms with Crippen LogP contribution in [0.1, 0.15) is 50.1 Å². The highest BCUT2D eigenvalue weighted by Crippen LogP contribution is 2.24. The van der Waals surface area contributed by atoms with E-state index < -0.39 is 0 Å². The first-order valence-electron chi connectivity index (χ1n) is 7.89. The summed E-state index contributed by atoms with van der Waals surface area (Å²) in [7, 11) is 0. The van der Waals surface area contributed by atoms with Gasteiger partial charge in [-0.1, -0.05) is 13.0 Å². The maximum atomic E-state index is 4.85. The molecule has 3 aromatic heterocycles. The fourth-order valence-electron chi connectivity index (χ4n) is 2.60. The van der Waals surface area contributed by atoms with E-state index in [9.17, 15) is 0 Å². The van der Waals surface area contributed by atoms with Gasteiger partial charge in [0.15, 0.2) is 5.82 Å². The summed E-state index contributed by atoms with van der Waals surface area (Å²) in [5, 5.41) is 11.2. The number of hydrogen-bond donors (Lipinski definition) is 0. The molecule has 0 saturated carbocycles. The highest BCUT2D eigenvalue weighted by atomic mass is 32.1. The Kier molecular flexibility index (Phi) is 4.35. The van der Waals surface area contributed by atoms with Gasteiger partial charge in [0.1, 0.15) is 5.82 Å². The molecule has 0 saturated heterocycles. The quantitative estimate of drug-likeness (QED) is 0.717. The van der Waals surface area contributed by atoms with Crippen LogP contribution >= 0.6 is 11.3 Å². The lowest BCUT2D eigenvalue weighted by atomic mass is 10.1. The van der Waals surface area contributed by atoms with Crippen LogP contribution in [0.15, 0.2) is 36.0 Å². The fraction of sp³-hybridized carbons (Fsp3) is 0.471. The Hall–Kier alpha value is -1.95. The van der Waals surface area contributed by atoms with Crippen molar-refractivity contribution >= 4 is 11.3 Å². The summed E-state index contributed by atoms with van der Waals surface area (Å²) >= 11 is 1.75. The molecule has 1 unspecified atom stereocenters. The Morgan fingerprint density at radius 2 is 2.09 bits per heavy atom. The number of thiophene rings is 1. The first-order chi connectivity index (χ1) is 10.9. The lowest BCUT2D eigenvalue weighted by Crippen LogP contribution is -2.27. The minimum atomic E-state index is -0.0889. The second-order valence-electron chi connectivity index (χ2n) is 6.85. The van der Waals surface area contributed by atoms with Crippen LogP contribution in [0.5, 0.6) is 0 Å². The Morgan fingerprint density at radius 3 is 2.70 bits per heavy atom. The van der Waals surface area contributed by atoms with Gasteiger partial charge < -0.3 is 0 Å². The number of aromatic nitrogens is 5. The minimum Gasteiger partial charge on any atom is -0.272 e. The second kappa shape index (κ2) is 6.28. The molecule has 0 amide bonds. The first kappa shape index (κ1) is 15.9. The molecular weight excluding hydrogens is 306 g/mol. The van der Waals surface area contributed by atoms with E-state index in [0.717, 1.165) is 24.6 Å². The van der Waals surface area contributed by atoms with E-state index in [2.05, 4.69) is 55.0 Å². The lowest BCUT2D eigenvalue weighted by molar-refractivity contribution is 0.327. The van der Waals surface area contributed by atoms with Crippen molar-refractivity contribution in [2.24, 2.45) is 0 Å². The molecule has 3 aromatic rings. The number of hydrogen-bond acceptors (Lipinski definition) is 4. The molecule has 5 nitrogen and oxygen atoms in total. The Labute approximate surface area is 141 Å². The summed E-state index contributed by atoms with van der Waals surface area (Å²) in [4.78, 5) is 6.14. The molecular formula is C17H23N5S. The molecule has 0 radical (unpaired) electrons. The monoisotopic (exact) mass is 329 g/mol. The van der Waals surface area contributed by atoms with Crippen molar-refractivity contribution in [3.05, 3.63) is 52.5 Å². The predicted molar refractivity (Wildman–Crippen MR) is 92.8 cm³/mol. The van der Waals surface area contributed by atoms with Crippen molar-refractivity contribution in [2.45, 2.75) is 52.1 Å². The molecule has 0 aromatic carbocycles. The summed E-state index contributed by atoms with van der Waals surface area (Å²) < 4.78 is 4.02. The molecule has 3 heterocycles. The van der Waals surface area contributed by atoms with Crippen molar-refractivity contribution in [3.8, 4) is 0 Å². The summed E-state index contributed by atoms with van der Waals surface area (Å²) in [6.07, 6.45) is 4.59. The van der Waals surface area contributed by atoms with Gasteiger partial charge in [0.2, 0.25) is 0 Å². The zero-order valence-electron chi connectivity index (χ0n) is 14.1. The molecule has 0 spiro atoms. The van der Waals surface area contributed by atoms with Crippen molar-refractivity contribution in [1.29, 1.82) is 0 Å². The van der Waals surface area contributed by atoms with Crippen molar-refractivity contribution < 1.29 is 0 Å². The molecule has 3 rings (SSSR count). The number of nitrogens with zero attached hydrogens (tertiary/aromatic N) is 5. The topological polar surface area (TPSA) is 48.5 Å². The largest absolute Gasteiger partial charge is 0.272 e. The average Bonchev–Trinajstić information content (AvgIpc) is 3.18. The maximum Gasteiger partial charge on any atom is 0.156 e. The van der Waals surface area contributed by atoms with Gasteiger partial charge in [0.05, 0.1) is 12.1 Å². The molecule has 0 aliphatic heterocycles. The van der Waals surface area contributed by atoms with Crippen molar-refractivity contribution in [1.82, 2.24) is 24.5 Å². The van der Waals surface area contributed by atoms with E-state index in [1.54, 1.807) is 11.3 Å². The molecule has 23 heavy (non-hydrogen) atoms. The molecule has 0 fully saturated rings. The third-order valence-corrected chi connectivity index (χ3v) is 4.56. The molecule has 0 N–H and O–H groups in total. The van der Waals surface area contributed by atoms with E-state index in [1.165, 1.54) is 4.88 Å². The smallest absolute Gasteiger partial charge is 0.156 e. The predicted octanol–water partition coefficient (Wildman–Crippen LogP) is 3.69. The van der Waals surface area contributed by atoms with E-state index in [1.807, 2.05) is 23.1 Å².